The molecule has 0 spiro atoms. The Labute approximate surface area is 106 Å². The molecular weight excluding hydrogens is 226 g/mol. The Morgan fingerprint density at radius 3 is 2.78 bits per heavy atom. The van der Waals surface area contributed by atoms with Gasteiger partial charge in [0.05, 0.1) is 0 Å². The molecule has 0 saturated heterocycles. The van der Waals surface area contributed by atoms with Gasteiger partial charge in [0.25, 0.3) is 0 Å². The van der Waals surface area contributed by atoms with Gasteiger partial charge < -0.3 is 11.1 Å². The number of anilines is 1. The summed E-state index contributed by atoms with van der Waals surface area (Å²) in [6.45, 7) is 2.04. The van der Waals surface area contributed by atoms with Crippen molar-refractivity contribution < 1.29 is 4.79 Å². The molecule has 4 heteroatoms. The minimum absolute atomic E-state index is 0.0328. The van der Waals surface area contributed by atoms with E-state index < -0.39 is 0 Å². The largest absolute Gasteiger partial charge is 0.384 e. The van der Waals surface area contributed by atoms with Crippen molar-refractivity contribution in [2.45, 2.75) is 13.5 Å². The highest BCUT2D eigenvalue weighted by molar-refractivity contribution is 5.73. The number of rotatable bonds is 3. The first-order valence-electron chi connectivity index (χ1n) is 5.70. The fourth-order valence-corrected chi connectivity index (χ4v) is 1.66. The van der Waals surface area contributed by atoms with Gasteiger partial charge in [-0.2, -0.15) is 0 Å². The first-order valence-corrected chi connectivity index (χ1v) is 5.70. The van der Waals surface area contributed by atoms with Crippen molar-refractivity contribution >= 4 is 11.7 Å². The predicted molar refractivity (Wildman–Crippen MR) is 71.6 cm³/mol. The highest BCUT2D eigenvalue weighted by Crippen LogP contribution is 2.20. The zero-order chi connectivity index (χ0) is 13.0. The molecule has 0 fully saturated rings. The molecule has 0 saturated carbocycles. The van der Waals surface area contributed by atoms with Gasteiger partial charge in [0.1, 0.15) is 5.82 Å². The second-order valence-corrected chi connectivity index (χ2v) is 4.08. The maximum Gasteiger partial charge on any atom is 0.217 e. The van der Waals surface area contributed by atoms with Gasteiger partial charge in [-0.05, 0) is 29.3 Å². The Bertz CT molecular complexity index is 549. The van der Waals surface area contributed by atoms with Crippen LogP contribution in [-0.4, -0.2) is 10.9 Å². The summed E-state index contributed by atoms with van der Waals surface area (Å²) in [5.41, 5.74) is 8.68. The van der Waals surface area contributed by atoms with Gasteiger partial charge in [-0.1, -0.05) is 18.2 Å². The van der Waals surface area contributed by atoms with E-state index in [0.717, 1.165) is 16.7 Å². The summed E-state index contributed by atoms with van der Waals surface area (Å²) in [4.78, 5) is 14.9. The number of carbonyl (C=O) groups excluding carboxylic acids is 1. The number of pyridine rings is 1. The molecule has 1 aromatic carbocycles. The number of nitrogens with zero attached hydrogens (tertiary/aromatic N) is 1. The second kappa shape index (κ2) is 5.31. The van der Waals surface area contributed by atoms with Gasteiger partial charge in [-0.3, -0.25) is 4.79 Å². The zero-order valence-corrected chi connectivity index (χ0v) is 10.2. The summed E-state index contributed by atoms with van der Waals surface area (Å²) in [6.07, 6.45) is 1.74. The van der Waals surface area contributed by atoms with E-state index >= 15 is 0 Å². The van der Waals surface area contributed by atoms with Gasteiger partial charge in [-0.15, -0.1) is 0 Å². The first-order chi connectivity index (χ1) is 8.65. The average molecular weight is 241 g/mol. The lowest BCUT2D eigenvalue weighted by atomic mass is 10.0. The van der Waals surface area contributed by atoms with E-state index in [0.29, 0.717) is 12.4 Å². The number of nitrogens with one attached hydrogen (secondary N) is 1. The van der Waals surface area contributed by atoms with Crippen LogP contribution >= 0.6 is 0 Å². The van der Waals surface area contributed by atoms with Crippen LogP contribution in [0.1, 0.15) is 12.5 Å². The third-order valence-electron chi connectivity index (χ3n) is 2.59. The van der Waals surface area contributed by atoms with Gasteiger partial charge in [0.15, 0.2) is 0 Å². The number of aromatic nitrogens is 1. The lowest BCUT2D eigenvalue weighted by molar-refractivity contribution is -0.119. The van der Waals surface area contributed by atoms with E-state index in [2.05, 4.69) is 10.3 Å². The molecule has 1 heterocycles. The third-order valence-corrected chi connectivity index (χ3v) is 2.59. The maximum absolute atomic E-state index is 10.9. The lowest BCUT2D eigenvalue weighted by Gasteiger charge is -2.06. The number of hydrogen-bond donors (Lipinski definition) is 2. The summed E-state index contributed by atoms with van der Waals surface area (Å²) in [5, 5.41) is 2.78. The Morgan fingerprint density at radius 1 is 1.28 bits per heavy atom. The minimum atomic E-state index is -0.0328. The summed E-state index contributed by atoms with van der Waals surface area (Å²) in [7, 11) is 0. The number of nitrogen functional groups attached to an aromatic ring is 1. The molecule has 0 aliphatic rings. The summed E-state index contributed by atoms with van der Waals surface area (Å²) in [6, 6.07) is 11.7. The second-order valence-electron chi connectivity index (χ2n) is 4.08. The van der Waals surface area contributed by atoms with E-state index in [1.54, 1.807) is 12.3 Å². The molecular formula is C14H15N3O. The van der Waals surface area contributed by atoms with Crippen LogP contribution in [0.15, 0.2) is 42.6 Å². The van der Waals surface area contributed by atoms with Crippen molar-refractivity contribution in [3.8, 4) is 11.1 Å². The molecule has 2 aromatic rings. The number of amides is 1. The molecule has 0 aliphatic heterocycles. The van der Waals surface area contributed by atoms with Crippen LogP contribution in [0.5, 0.6) is 0 Å². The van der Waals surface area contributed by atoms with Crippen LogP contribution in [0, 0.1) is 0 Å². The SMILES string of the molecule is CC(=O)NCc1cccc(-c2ccc(N)nc2)c1. The van der Waals surface area contributed by atoms with Gasteiger partial charge in [0, 0.05) is 25.2 Å². The van der Waals surface area contributed by atoms with Crippen molar-refractivity contribution in [2.24, 2.45) is 0 Å². The van der Waals surface area contributed by atoms with E-state index in [9.17, 15) is 4.79 Å². The fraction of sp³-hybridized carbons (Fsp3) is 0.143. The molecule has 0 unspecified atom stereocenters. The standard InChI is InChI=1S/C14H15N3O/c1-10(18)16-8-11-3-2-4-12(7-11)13-5-6-14(15)17-9-13/h2-7,9H,8H2,1H3,(H2,15,17)(H,16,18). The van der Waals surface area contributed by atoms with E-state index in [-0.39, 0.29) is 5.91 Å². The van der Waals surface area contributed by atoms with Crippen LogP contribution in [0.3, 0.4) is 0 Å². The van der Waals surface area contributed by atoms with Gasteiger partial charge >= 0.3 is 0 Å². The molecule has 0 radical (unpaired) electrons. The first kappa shape index (κ1) is 12.1. The van der Waals surface area contributed by atoms with E-state index in [1.807, 2.05) is 30.3 Å². The Kier molecular flexibility index (Phi) is 3.57. The van der Waals surface area contributed by atoms with E-state index in [1.165, 1.54) is 6.92 Å². The van der Waals surface area contributed by atoms with E-state index in [4.69, 9.17) is 5.73 Å². The van der Waals surface area contributed by atoms with Crippen LogP contribution in [0.25, 0.3) is 11.1 Å². The molecule has 1 amide bonds. The van der Waals surface area contributed by atoms with Crippen molar-refractivity contribution in [2.75, 3.05) is 5.73 Å². The summed E-state index contributed by atoms with van der Waals surface area (Å²) in [5.74, 6) is 0.475. The highest BCUT2D eigenvalue weighted by Gasteiger charge is 2.00. The van der Waals surface area contributed by atoms with Crippen molar-refractivity contribution in [3.63, 3.8) is 0 Å². The number of benzene rings is 1. The van der Waals surface area contributed by atoms with Crippen LogP contribution in [0.4, 0.5) is 5.82 Å². The van der Waals surface area contributed by atoms with Crippen molar-refractivity contribution in [1.29, 1.82) is 0 Å². The number of carbonyl (C=O) groups is 1. The quantitative estimate of drug-likeness (QED) is 0.863. The van der Waals surface area contributed by atoms with Crippen molar-refractivity contribution in [1.82, 2.24) is 10.3 Å². The lowest BCUT2D eigenvalue weighted by Crippen LogP contribution is -2.18. The normalized spacial score (nSPS) is 10.1. The Morgan fingerprint density at radius 2 is 2.11 bits per heavy atom. The smallest absolute Gasteiger partial charge is 0.217 e. The zero-order valence-electron chi connectivity index (χ0n) is 10.2. The van der Waals surface area contributed by atoms with Crippen LogP contribution in [-0.2, 0) is 11.3 Å². The molecule has 92 valence electrons. The molecule has 0 aliphatic carbocycles. The maximum atomic E-state index is 10.9. The third kappa shape index (κ3) is 3.07. The fourth-order valence-electron chi connectivity index (χ4n) is 1.66. The summed E-state index contributed by atoms with van der Waals surface area (Å²) < 4.78 is 0. The molecule has 18 heavy (non-hydrogen) atoms. The molecule has 0 atom stereocenters. The molecule has 0 bridgehead atoms. The Balaban J connectivity index is 2.21. The Hall–Kier alpha value is -2.36. The molecule has 3 N–H and O–H groups in total. The molecule has 1 aromatic heterocycles. The highest BCUT2D eigenvalue weighted by atomic mass is 16.1. The summed E-state index contributed by atoms with van der Waals surface area (Å²) >= 11 is 0. The minimum Gasteiger partial charge on any atom is -0.384 e. The molecule has 2 rings (SSSR count). The number of nitrogens with two attached hydrogens (primary N) is 1. The van der Waals surface area contributed by atoms with Crippen LogP contribution in [0.2, 0.25) is 0 Å². The van der Waals surface area contributed by atoms with Gasteiger partial charge in [-0.25, -0.2) is 4.98 Å². The average Bonchev–Trinajstić information content (AvgIpc) is 2.37. The number of hydrogen-bond acceptors (Lipinski definition) is 3. The topological polar surface area (TPSA) is 68.0 Å². The molecule has 4 nitrogen and oxygen atoms in total. The monoisotopic (exact) mass is 241 g/mol. The van der Waals surface area contributed by atoms with Gasteiger partial charge in [0.2, 0.25) is 5.91 Å². The van der Waals surface area contributed by atoms with Crippen LogP contribution < -0.4 is 11.1 Å². The van der Waals surface area contributed by atoms with Crippen molar-refractivity contribution in [3.05, 3.63) is 48.2 Å². The predicted octanol–water partition coefficient (Wildman–Crippen LogP) is 1.97.